The van der Waals surface area contributed by atoms with Crippen LogP contribution in [0.25, 0.3) is 5.57 Å². The van der Waals surface area contributed by atoms with E-state index in [-0.39, 0.29) is 48.9 Å². The summed E-state index contributed by atoms with van der Waals surface area (Å²) in [5.74, 6) is -1.29. The number of halogens is 3. The fraction of sp³-hybridized carbons (Fsp3) is 0.481. The maximum atomic E-state index is 14.0. The Labute approximate surface area is 418 Å². The summed E-state index contributed by atoms with van der Waals surface area (Å²) in [6.07, 6.45) is -1.04. The average Bonchev–Trinajstić information content (AvgIpc) is 3.98. The van der Waals surface area contributed by atoms with Gasteiger partial charge in [-0.05, 0) is 124 Å². The van der Waals surface area contributed by atoms with E-state index < -0.39 is 64.2 Å². The van der Waals surface area contributed by atoms with E-state index >= 15 is 0 Å². The quantitative estimate of drug-likeness (QED) is 0.0746. The monoisotopic (exact) mass is 1000 g/mol. The van der Waals surface area contributed by atoms with E-state index in [9.17, 15) is 42.7 Å². The summed E-state index contributed by atoms with van der Waals surface area (Å²) in [4.78, 5) is 62.6. The fourth-order valence-corrected chi connectivity index (χ4v) is 9.21. The molecule has 0 saturated carbocycles. The predicted octanol–water partition coefficient (Wildman–Crippen LogP) is 7.65. The number of allylic oxidation sites excluding steroid dienone is 2. The van der Waals surface area contributed by atoms with Crippen LogP contribution in [-0.4, -0.2) is 108 Å². The zero-order valence-corrected chi connectivity index (χ0v) is 41.9. The van der Waals surface area contributed by atoms with Crippen molar-refractivity contribution >= 4 is 64.1 Å². The summed E-state index contributed by atoms with van der Waals surface area (Å²) in [7, 11) is 0. The summed E-state index contributed by atoms with van der Waals surface area (Å²) in [5, 5.41) is 25.6. The number of β-amino-alcohol motifs (C(OH)–C–C–N with tert-alkyl or cyclic N) is 1. The largest absolute Gasteiger partial charge is 0.494 e. The first-order valence-electron chi connectivity index (χ1n) is 23.6. The molecule has 3 aliphatic heterocycles. The van der Waals surface area contributed by atoms with Crippen LogP contribution < -0.4 is 25.2 Å². The molecule has 3 aromatic rings. The van der Waals surface area contributed by atoms with Crippen molar-refractivity contribution in [2.75, 3.05) is 49.4 Å². The van der Waals surface area contributed by atoms with Crippen LogP contribution in [0, 0.1) is 16.7 Å². The summed E-state index contributed by atoms with van der Waals surface area (Å²) in [6, 6.07) is 17.1. The third-order valence-corrected chi connectivity index (χ3v) is 13.0. The molecular formula is C52H62F3N7O8S. The van der Waals surface area contributed by atoms with Gasteiger partial charge in [0.05, 0.1) is 41.6 Å². The van der Waals surface area contributed by atoms with Gasteiger partial charge in [-0.1, -0.05) is 45.0 Å². The number of unbranched alkanes of at least 4 members (excludes halogenated alkanes) is 1. The lowest BCUT2D eigenvalue weighted by molar-refractivity contribution is -0.144. The van der Waals surface area contributed by atoms with Crippen LogP contribution in [0.2, 0.25) is 0 Å². The molecule has 2 fully saturated rings. The fourth-order valence-electron chi connectivity index (χ4n) is 8.69. The van der Waals surface area contributed by atoms with Crippen LogP contribution in [0.15, 0.2) is 77.4 Å². The molecule has 0 aliphatic carbocycles. The second kappa shape index (κ2) is 22.9. The van der Waals surface area contributed by atoms with Crippen molar-refractivity contribution in [3.05, 3.63) is 94.7 Å². The zero-order chi connectivity index (χ0) is 51.8. The number of amides is 4. The van der Waals surface area contributed by atoms with Crippen LogP contribution in [-0.2, 0) is 34.8 Å². The molecule has 71 heavy (non-hydrogen) atoms. The van der Waals surface area contributed by atoms with Crippen molar-refractivity contribution in [2.45, 2.75) is 117 Å². The number of rotatable bonds is 20. The van der Waals surface area contributed by atoms with E-state index in [1.807, 2.05) is 65.1 Å². The molecule has 4 atom stereocenters. The van der Waals surface area contributed by atoms with Crippen molar-refractivity contribution < 1.29 is 51.7 Å². The minimum atomic E-state index is -4.80. The topological polar surface area (TPSA) is 186 Å². The van der Waals surface area contributed by atoms with Crippen LogP contribution in [0.1, 0.15) is 109 Å². The highest BCUT2D eigenvalue weighted by Crippen LogP contribution is 2.40. The third-order valence-electron chi connectivity index (χ3n) is 12.6. The van der Waals surface area contributed by atoms with Gasteiger partial charge in [-0.3, -0.25) is 29.1 Å². The first-order valence-corrected chi connectivity index (χ1v) is 24.0. The molecule has 3 heterocycles. The summed E-state index contributed by atoms with van der Waals surface area (Å²) < 4.78 is 58.3. The SMILES string of the molecule is CC1=C(c2ccc([C@H](C)NC(=O)[C@@H]3C[C@@H](O)CN3C(=O)[C@@H](NC(=O)COCCCOCCCCOc3ccc(N4C(=S)N(c5ccc(C#N)c(C(F)(F)F)c5)C(=O)C4(C)C)cc3)C(C)(C)C)cc2)CC=N1. The number of ether oxygens (including phenoxy) is 3. The van der Waals surface area contributed by atoms with Gasteiger partial charge < -0.3 is 39.8 Å². The van der Waals surface area contributed by atoms with E-state index in [0.29, 0.717) is 50.5 Å². The van der Waals surface area contributed by atoms with Crippen molar-refractivity contribution in [3.63, 3.8) is 0 Å². The van der Waals surface area contributed by atoms with Gasteiger partial charge >= 0.3 is 6.18 Å². The normalized spacial score (nSPS) is 18.8. The Morgan fingerprint density at radius 1 is 0.944 bits per heavy atom. The number of carbonyl (C=O) groups excluding carboxylic acids is 4. The first kappa shape index (κ1) is 54.1. The third kappa shape index (κ3) is 13.0. The number of nitrogens with zero attached hydrogens (tertiary/aromatic N) is 5. The molecule has 3 N–H and O–H groups in total. The minimum Gasteiger partial charge on any atom is -0.494 e. The van der Waals surface area contributed by atoms with Gasteiger partial charge in [-0.2, -0.15) is 18.4 Å². The summed E-state index contributed by atoms with van der Waals surface area (Å²) in [5.41, 5.74) is 0.896. The van der Waals surface area contributed by atoms with Crippen molar-refractivity contribution in [3.8, 4) is 11.8 Å². The molecule has 0 unspecified atom stereocenters. The number of alkyl halides is 3. The number of anilines is 2. The molecule has 0 bridgehead atoms. The van der Waals surface area contributed by atoms with Gasteiger partial charge in [0.1, 0.15) is 30.0 Å². The maximum absolute atomic E-state index is 14.0. The number of hydrogen-bond donors (Lipinski definition) is 3. The number of aliphatic imine (C=N–C) groups is 1. The first-order chi connectivity index (χ1) is 33.5. The van der Waals surface area contributed by atoms with Gasteiger partial charge in [0.15, 0.2) is 5.11 Å². The van der Waals surface area contributed by atoms with E-state index in [1.54, 1.807) is 49.1 Å². The molecule has 380 valence electrons. The van der Waals surface area contributed by atoms with Gasteiger partial charge in [0, 0.05) is 56.8 Å². The highest BCUT2D eigenvalue weighted by molar-refractivity contribution is 7.81. The average molecular weight is 1000 g/mol. The number of likely N-dealkylation sites (tertiary alicyclic amines) is 1. The molecular weight excluding hydrogens is 940 g/mol. The van der Waals surface area contributed by atoms with Crippen LogP contribution in [0.5, 0.6) is 5.75 Å². The molecule has 19 heteroatoms. The number of carbonyl (C=O) groups is 4. The second-order valence-electron chi connectivity index (χ2n) is 19.4. The van der Waals surface area contributed by atoms with Gasteiger partial charge in [-0.15, -0.1) is 0 Å². The van der Waals surface area contributed by atoms with Gasteiger partial charge in [0.2, 0.25) is 17.7 Å². The van der Waals surface area contributed by atoms with E-state index in [0.717, 1.165) is 45.9 Å². The maximum Gasteiger partial charge on any atom is 0.417 e. The predicted molar refractivity (Wildman–Crippen MR) is 266 cm³/mol. The van der Waals surface area contributed by atoms with Gasteiger partial charge in [-0.25, -0.2) is 0 Å². The Morgan fingerprint density at radius 3 is 2.23 bits per heavy atom. The molecule has 0 aromatic heterocycles. The number of aliphatic hydroxyl groups is 1. The Kier molecular flexibility index (Phi) is 17.5. The number of benzene rings is 3. The molecule has 15 nitrogen and oxygen atoms in total. The molecule has 4 amide bonds. The van der Waals surface area contributed by atoms with E-state index in [4.69, 9.17) is 26.4 Å². The molecule has 3 aliphatic rings. The molecule has 3 aromatic carbocycles. The number of hydrogen-bond acceptors (Lipinski definition) is 11. The Balaban J connectivity index is 0.874. The Morgan fingerprint density at radius 2 is 1.59 bits per heavy atom. The molecule has 6 rings (SSSR count). The lowest BCUT2D eigenvalue weighted by atomic mass is 9.85. The highest BCUT2D eigenvalue weighted by Gasteiger charge is 2.51. The van der Waals surface area contributed by atoms with Crippen molar-refractivity contribution in [1.82, 2.24) is 15.5 Å². The highest BCUT2D eigenvalue weighted by atomic mass is 32.1. The standard InChI is InChI=1S/C52H62F3N7O8S/c1-32(34-11-13-35(14-12-34)41-21-22-57-33(41)2)58-46(65)43-28-39(63)30-60(43)47(66)45(50(3,4)5)59-44(64)31-69-25-10-24-68-23-8-9-26-70-40-19-17-37(18-20-40)62-49(71)61(48(67)51(62,6)7)38-16-15-36(29-56)42(27-38)52(53,54)55/h11-20,22,27,32,39,43,45,63H,8-10,21,23-26,28,30-31H2,1-7H3,(H,58,65)(H,59,64)/t32-,39+,43-,45+/m0/s1. The van der Waals surface area contributed by atoms with E-state index in [2.05, 4.69) is 15.6 Å². The molecule has 0 spiro atoms. The van der Waals surface area contributed by atoms with Crippen LogP contribution >= 0.6 is 12.2 Å². The minimum absolute atomic E-state index is 0.00673. The number of nitriles is 1. The smallest absolute Gasteiger partial charge is 0.417 e. The number of nitrogens with one attached hydrogen (secondary N) is 2. The Bertz CT molecular complexity index is 2560. The van der Waals surface area contributed by atoms with Gasteiger partial charge in [0.25, 0.3) is 5.91 Å². The molecule has 0 radical (unpaired) electrons. The summed E-state index contributed by atoms with van der Waals surface area (Å²) >= 11 is 5.62. The zero-order valence-electron chi connectivity index (χ0n) is 41.1. The van der Waals surface area contributed by atoms with Crippen molar-refractivity contribution in [2.24, 2.45) is 10.4 Å². The van der Waals surface area contributed by atoms with Crippen LogP contribution in [0.3, 0.4) is 0 Å². The van der Waals surface area contributed by atoms with Crippen LogP contribution in [0.4, 0.5) is 24.5 Å². The second-order valence-corrected chi connectivity index (χ2v) is 19.8. The van der Waals surface area contributed by atoms with Crippen molar-refractivity contribution in [1.29, 1.82) is 5.26 Å². The number of aliphatic hydroxyl groups excluding tert-OH is 1. The lowest BCUT2D eigenvalue weighted by Gasteiger charge is -2.35. The number of thiocarbonyl (C=S) groups is 1. The molecule has 2 saturated heterocycles. The lowest BCUT2D eigenvalue weighted by Crippen LogP contribution is -2.58. The Hall–Kier alpha value is -6.20. The summed E-state index contributed by atoms with van der Waals surface area (Å²) in [6.45, 7) is 13.7. The van der Waals surface area contributed by atoms with E-state index in [1.165, 1.54) is 11.0 Å².